The Kier molecular flexibility index (Phi) is 3.59. The summed E-state index contributed by atoms with van der Waals surface area (Å²) >= 11 is 0. The largest absolute Gasteiger partial charge is 0.383 e. The van der Waals surface area contributed by atoms with Crippen LogP contribution >= 0.6 is 0 Å². The second-order valence-electron chi connectivity index (χ2n) is 4.59. The van der Waals surface area contributed by atoms with Gasteiger partial charge in [0.2, 0.25) is 5.91 Å². The Labute approximate surface area is 91.0 Å². The number of amides is 1. The van der Waals surface area contributed by atoms with Crippen molar-refractivity contribution in [3.8, 4) is 0 Å². The molecule has 1 heterocycles. The highest BCUT2D eigenvalue weighted by molar-refractivity contribution is 5.78. The lowest BCUT2D eigenvalue weighted by molar-refractivity contribution is -0.128. The number of carbonyl (C=O) groups excluding carboxylic acids is 1. The minimum atomic E-state index is 0.287. The van der Waals surface area contributed by atoms with Crippen LogP contribution in [0.15, 0.2) is 0 Å². The van der Waals surface area contributed by atoms with E-state index in [-0.39, 0.29) is 5.91 Å². The van der Waals surface area contributed by atoms with Crippen LogP contribution in [0.1, 0.15) is 19.3 Å². The molecule has 0 radical (unpaired) electrons. The zero-order valence-corrected chi connectivity index (χ0v) is 9.37. The zero-order chi connectivity index (χ0) is 10.7. The van der Waals surface area contributed by atoms with E-state index < -0.39 is 0 Å². The molecule has 1 N–H and O–H groups in total. The van der Waals surface area contributed by atoms with E-state index in [4.69, 9.17) is 4.74 Å². The van der Waals surface area contributed by atoms with Crippen molar-refractivity contribution in [1.82, 2.24) is 10.2 Å². The van der Waals surface area contributed by atoms with Crippen LogP contribution in [-0.2, 0) is 9.53 Å². The first-order valence-corrected chi connectivity index (χ1v) is 5.79. The van der Waals surface area contributed by atoms with Crippen molar-refractivity contribution in [3.63, 3.8) is 0 Å². The predicted octanol–water partition coefficient (Wildman–Crippen LogP) is 0.233. The highest BCUT2D eigenvalue weighted by Gasteiger charge is 2.30. The average Bonchev–Trinajstić information content (AvgIpc) is 2.98. The smallest absolute Gasteiger partial charge is 0.223 e. The summed E-state index contributed by atoms with van der Waals surface area (Å²) in [6, 6.07) is 0.744. The minimum absolute atomic E-state index is 0.287. The molecule has 0 aromatic carbocycles. The molecule has 1 amide bonds. The second kappa shape index (κ2) is 4.94. The molecule has 2 fully saturated rings. The molecule has 2 rings (SSSR count). The molecule has 1 saturated heterocycles. The SMILES string of the molecule is COCCN1CC(CNC2CC2)CC1=O. The molecule has 1 saturated carbocycles. The van der Waals surface area contributed by atoms with Crippen LogP contribution in [0.5, 0.6) is 0 Å². The first-order chi connectivity index (χ1) is 7.29. The third-order valence-electron chi connectivity index (χ3n) is 3.13. The van der Waals surface area contributed by atoms with E-state index in [2.05, 4.69) is 5.32 Å². The Balaban J connectivity index is 1.67. The Hall–Kier alpha value is -0.610. The minimum Gasteiger partial charge on any atom is -0.383 e. The van der Waals surface area contributed by atoms with E-state index in [0.717, 1.165) is 25.7 Å². The molecule has 1 unspecified atom stereocenters. The molecule has 2 aliphatic rings. The number of likely N-dealkylation sites (tertiary alicyclic amines) is 1. The van der Waals surface area contributed by atoms with Gasteiger partial charge in [0.1, 0.15) is 0 Å². The van der Waals surface area contributed by atoms with Gasteiger partial charge in [-0.25, -0.2) is 0 Å². The average molecular weight is 212 g/mol. The summed E-state index contributed by atoms with van der Waals surface area (Å²) in [6.45, 7) is 3.30. The molecule has 15 heavy (non-hydrogen) atoms. The number of rotatable bonds is 6. The summed E-state index contributed by atoms with van der Waals surface area (Å²) in [5, 5.41) is 3.49. The van der Waals surface area contributed by atoms with E-state index >= 15 is 0 Å². The Morgan fingerprint density at radius 3 is 3.00 bits per heavy atom. The van der Waals surface area contributed by atoms with Gasteiger partial charge in [0, 0.05) is 39.2 Å². The van der Waals surface area contributed by atoms with Crippen molar-refractivity contribution >= 4 is 5.91 Å². The van der Waals surface area contributed by atoms with E-state index in [1.54, 1.807) is 7.11 Å². The molecule has 4 heteroatoms. The maximum Gasteiger partial charge on any atom is 0.223 e. The number of hydrogen-bond donors (Lipinski definition) is 1. The van der Waals surface area contributed by atoms with E-state index in [9.17, 15) is 4.79 Å². The van der Waals surface area contributed by atoms with Crippen molar-refractivity contribution in [2.24, 2.45) is 5.92 Å². The highest BCUT2D eigenvalue weighted by Crippen LogP contribution is 2.21. The van der Waals surface area contributed by atoms with Crippen LogP contribution in [-0.4, -0.2) is 50.2 Å². The van der Waals surface area contributed by atoms with Gasteiger partial charge in [-0.2, -0.15) is 0 Å². The Morgan fingerprint density at radius 2 is 2.33 bits per heavy atom. The normalized spacial score (nSPS) is 26.3. The maximum absolute atomic E-state index is 11.6. The fourth-order valence-electron chi connectivity index (χ4n) is 2.03. The van der Waals surface area contributed by atoms with Gasteiger partial charge in [-0.15, -0.1) is 0 Å². The molecular formula is C11H20N2O2. The fourth-order valence-corrected chi connectivity index (χ4v) is 2.03. The van der Waals surface area contributed by atoms with Gasteiger partial charge in [0.15, 0.2) is 0 Å². The number of nitrogens with one attached hydrogen (secondary N) is 1. The number of methoxy groups -OCH3 is 1. The third kappa shape index (κ3) is 3.18. The molecule has 0 spiro atoms. The lowest BCUT2D eigenvalue weighted by Crippen LogP contribution is -2.30. The number of nitrogens with zero attached hydrogens (tertiary/aromatic N) is 1. The van der Waals surface area contributed by atoms with Gasteiger partial charge in [-0.3, -0.25) is 4.79 Å². The maximum atomic E-state index is 11.6. The molecule has 86 valence electrons. The summed E-state index contributed by atoms with van der Waals surface area (Å²) < 4.78 is 4.99. The number of carbonyl (C=O) groups is 1. The first kappa shape index (κ1) is 10.9. The fraction of sp³-hybridized carbons (Fsp3) is 0.909. The van der Waals surface area contributed by atoms with Crippen molar-refractivity contribution in [2.45, 2.75) is 25.3 Å². The number of hydrogen-bond acceptors (Lipinski definition) is 3. The van der Waals surface area contributed by atoms with Gasteiger partial charge < -0.3 is 15.0 Å². The quantitative estimate of drug-likeness (QED) is 0.685. The summed E-state index contributed by atoms with van der Waals surface area (Å²) in [7, 11) is 1.67. The van der Waals surface area contributed by atoms with Crippen LogP contribution in [0.25, 0.3) is 0 Å². The number of ether oxygens (including phenoxy) is 1. The monoisotopic (exact) mass is 212 g/mol. The topological polar surface area (TPSA) is 41.6 Å². The summed E-state index contributed by atoms with van der Waals surface area (Å²) in [5.41, 5.74) is 0. The summed E-state index contributed by atoms with van der Waals surface area (Å²) in [4.78, 5) is 13.5. The van der Waals surface area contributed by atoms with E-state index in [1.165, 1.54) is 12.8 Å². The second-order valence-corrected chi connectivity index (χ2v) is 4.59. The summed E-state index contributed by atoms with van der Waals surface area (Å²) in [5.74, 6) is 0.796. The third-order valence-corrected chi connectivity index (χ3v) is 3.13. The van der Waals surface area contributed by atoms with Gasteiger partial charge in [-0.05, 0) is 18.8 Å². The van der Waals surface area contributed by atoms with E-state index in [0.29, 0.717) is 18.9 Å². The molecule has 0 aromatic rings. The first-order valence-electron chi connectivity index (χ1n) is 5.79. The van der Waals surface area contributed by atoms with Crippen LogP contribution in [0.2, 0.25) is 0 Å². The van der Waals surface area contributed by atoms with Crippen molar-refractivity contribution < 1.29 is 9.53 Å². The standard InChI is InChI=1S/C11H20N2O2/c1-15-5-4-13-8-9(6-11(13)14)7-12-10-2-3-10/h9-10,12H,2-8H2,1H3. The van der Waals surface area contributed by atoms with Gasteiger partial charge >= 0.3 is 0 Å². The van der Waals surface area contributed by atoms with Gasteiger partial charge in [0.05, 0.1) is 6.61 Å². The zero-order valence-electron chi connectivity index (χ0n) is 9.37. The van der Waals surface area contributed by atoms with Crippen LogP contribution in [0, 0.1) is 5.92 Å². The van der Waals surface area contributed by atoms with Crippen molar-refractivity contribution in [1.29, 1.82) is 0 Å². The van der Waals surface area contributed by atoms with Crippen molar-refractivity contribution in [2.75, 3.05) is 33.4 Å². The van der Waals surface area contributed by atoms with Crippen LogP contribution in [0.3, 0.4) is 0 Å². The lowest BCUT2D eigenvalue weighted by atomic mass is 10.1. The molecule has 1 aliphatic carbocycles. The molecular weight excluding hydrogens is 192 g/mol. The van der Waals surface area contributed by atoms with Crippen molar-refractivity contribution in [3.05, 3.63) is 0 Å². The lowest BCUT2D eigenvalue weighted by Gasteiger charge is -2.16. The molecule has 1 atom stereocenters. The van der Waals surface area contributed by atoms with Crippen LogP contribution in [0.4, 0.5) is 0 Å². The molecule has 0 bridgehead atoms. The van der Waals surface area contributed by atoms with Gasteiger partial charge in [-0.1, -0.05) is 0 Å². The summed E-state index contributed by atoms with van der Waals surface area (Å²) in [6.07, 6.45) is 3.34. The van der Waals surface area contributed by atoms with Crippen LogP contribution < -0.4 is 5.32 Å². The highest BCUT2D eigenvalue weighted by atomic mass is 16.5. The Morgan fingerprint density at radius 1 is 1.53 bits per heavy atom. The van der Waals surface area contributed by atoms with E-state index in [1.807, 2.05) is 4.90 Å². The molecule has 4 nitrogen and oxygen atoms in total. The molecule has 1 aliphatic heterocycles. The van der Waals surface area contributed by atoms with Gasteiger partial charge in [0.25, 0.3) is 0 Å². The Bertz CT molecular complexity index is 229. The predicted molar refractivity (Wildman–Crippen MR) is 57.6 cm³/mol. The molecule has 0 aromatic heterocycles.